The molecule has 0 saturated carbocycles. The van der Waals surface area contributed by atoms with Gasteiger partial charge in [0.15, 0.2) is 0 Å². The molecule has 17 heavy (non-hydrogen) atoms. The van der Waals surface area contributed by atoms with Crippen LogP contribution < -0.4 is 0 Å². The van der Waals surface area contributed by atoms with E-state index >= 15 is 0 Å². The molecule has 1 aromatic carbocycles. The zero-order valence-corrected chi connectivity index (χ0v) is 9.55. The van der Waals surface area contributed by atoms with E-state index in [9.17, 15) is 9.59 Å². The molecule has 0 fully saturated rings. The molecule has 0 saturated heterocycles. The summed E-state index contributed by atoms with van der Waals surface area (Å²) in [6, 6.07) is 5.60. The number of benzene rings is 1. The monoisotopic (exact) mass is 234 g/mol. The smallest absolute Gasteiger partial charge is 0.342 e. The number of hydrogen-bond donors (Lipinski definition) is 1. The normalized spacial score (nSPS) is 10.4. The SMILES string of the molecule is CCCC=COC(=O)c1ccc(C(=O)O)cc1. The van der Waals surface area contributed by atoms with Crippen molar-refractivity contribution in [3.63, 3.8) is 0 Å². The Hall–Kier alpha value is -2.10. The number of ether oxygens (including phenoxy) is 1. The average Bonchev–Trinajstić information content (AvgIpc) is 2.34. The molecule has 0 atom stereocenters. The maximum absolute atomic E-state index is 11.5. The summed E-state index contributed by atoms with van der Waals surface area (Å²) >= 11 is 0. The van der Waals surface area contributed by atoms with Gasteiger partial charge in [0.25, 0.3) is 0 Å². The predicted molar refractivity (Wildman–Crippen MR) is 62.9 cm³/mol. The van der Waals surface area contributed by atoms with Crippen molar-refractivity contribution in [1.82, 2.24) is 0 Å². The summed E-state index contributed by atoms with van der Waals surface area (Å²) in [5, 5.41) is 8.69. The summed E-state index contributed by atoms with van der Waals surface area (Å²) in [4.78, 5) is 22.1. The Morgan fingerprint density at radius 2 is 1.82 bits per heavy atom. The second kappa shape index (κ2) is 6.48. The van der Waals surface area contributed by atoms with Gasteiger partial charge < -0.3 is 9.84 Å². The standard InChI is InChI=1S/C13H14O4/c1-2-3-4-9-17-13(16)11-7-5-10(6-8-11)12(14)15/h4-9H,2-3H2,1H3,(H,14,15). The molecule has 0 bridgehead atoms. The second-order valence-electron chi connectivity index (χ2n) is 3.45. The Morgan fingerprint density at radius 1 is 1.24 bits per heavy atom. The lowest BCUT2D eigenvalue weighted by molar-refractivity contribution is 0.0656. The van der Waals surface area contributed by atoms with E-state index in [1.165, 1.54) is 30.5 Å². The van der Waals surface area contributed by atoms with Crippen LogP contribution in [0.4, 0.5) is 0 Å². The van der Waals surface area contributed by atoms with Gasteiger partial charge in [0.05, 0.1) is 17.4 Å². The first-order chi connectivity index (χ1) is 8.15. The highest BCUT2D eigenvalue weighted by Gasteiger charge is 2.07. The minimum Gasteiger partial charge on any atom is -0.478 e. The van der Waals surface area contributed by atoms with E-state index in [2.05, 4.69) is 0 Å². The lowest BCUT2D eigenvalue weighted by Crippen LogP contribution is -2.02. The zero-order chi connectivity index (χ0) is 12.7. The van der Waals surface area contributed by atoms with Crippen LogP contribution >= 0.6 is 0 Å². The lowest BCUT2D eigenvalue weighted by atomic mass is 10.1. The minimum atomic E-state index is -1.02. The molecular formula is C13H14O4. The first-order valence-corrected chi connectivity index (χ1v) is 5.34. The van der Waals surface area contributed by atoms with E-state index in [0.717, 1.165) is 12.8 Å². The summed E-state index contributed by atoms with van der Waals surface area (Å²) in [7, 11) is 0. The molecule has 0 spiro atoms. The van der Waals surface area contributed by atoms with Crippen molar-refractivity contribution in [2.75, 3.05) is 0 Å². The molecule has 4 heteroatoms. The molecule has 1 rings (SSSR count). The fourth-order valence-corrected chi connectivity index (χ4v) is 1.16. The number of unbranched alkanes of at least 4 members (excludes halogenated alkanes) is 1. The number of rotatable bonds is 5. The van der Waals surface area contributed by atoms with E-state index < -0.39 is 11.9 Å². The number of carbonyl (C=O) groups excluding carboxylic acids is 1. The van der Waals surface area contributed by atoms with Gasteiger partial charge in [-0.25, -0.2) is 9.59 Å². The van der Waals surface area contributed by atoms with Gasteiger partial charge in [0.1, 0.15) is 0 Å². The number of allylic oxidation sites excluding steroid dienone is 1. The second-order valence-corrected chi connectivity index (χ2v) is 3.45. The maximum atomic E-state index is 11.5. The highest BCUT2D eigenvalue weighted by atomic mass is 16.5. The molecule has 0 radical (unpaired) electrons. The Bertz CT molecular complexity index is 418. The van der Waals surface area contributed by atoms with Crippen LogP contribution in [0.15, 0.2) is 36.6 Å². The molecule has 4 nitrogen and oxygen atoms in total. The summed E-state index contributed by atoms with van der Waals surface area (Å²) < 4.78 is 4.86. The third kappa shape index (κ3) is 4.10. The fourth-order valence-electron chi connectivity index (χ4n) is 1.16. The van der Waals surface area contributed by atoms with E-state index in [1.807, 2.05) is 6.92 Å². The molecule has 1 N–H and O–H groups in total. The summed E-state index contributed by atoms with van der Waals surface area (Å²) in [6.07, 6.45) is 4.97. The highest BCUT2D eigenvalue weighted by Crippen LogP contribution is 2.06. The van der Waals surface area contributed by atoms with E-state index in [4.69, 9.17) is 9.84 Å². The first kappa shape index (κ1) is 13.0. The van der Waals surface area contributed by atoms with Crippen molar-refractivity contribution in [1.29, 1.82) is 0 Å². The van der Waals surface area contributed by atoms with E-state index in [0.29, 0.717) is 5.56 Å². The maximum Gasteiger partial charge on any atom is 0.342 e. The van der Waals surface area contributed by atoms with Crippen LogP contribution in [0.2, 0.25) is 0 Å². The summed E-state index contributed by atoms with van der Waals surface area (Å²) in [6.45, 7) is 2.02. The molecule has 0 aliphatic rings. The number of carbonyl (C=O) groups is 2. The van der Waals surface area contributed by atoms with Crippen LogP contribution in [-0.4, -0.2) is 17.0 Å². The van der Waals surface area contributed by atoms with Gasteiger partial charge in [-0.3, -0.25) is 0 Å². The molecule has 0 aliphatic heterocycles. The van der Waals surface area contributed by atoms with Gasteiger partial charge in [-0.1, -0.05) is 13.3 Å². The Balaban J connectivity index is 2.60. The third-order valence-corrected chi connectivity index (χ3v) is 2.09. The minimum absolute atomic E-state index is 0.142. The largest absolute Gasteiger partial charge is 0.478 e. The Kier molecular flexibility index (Phi) is 4.94. The molecule has 0 aromatic heterocycles. The third-order valence-electron chi connectivity index (χ3n) is 2.09. The van der Waals surface area contributed by atoms with Gasteiger partial charge in [0, 0.05) is 0 Å². The topological polar surface area (TPSA) is 63.6 Å². The molecule has 90 valence electrons. The van der Waals surface area contributed by atoms with Crippen LogP contribution in [0.5, 0.6) is 0 Å². The van der Waals surface area contributed by atoms with E-state index in [1.54, 1.807) is 6.08 Å². The number of hydrogen-bond acceptors (Lipinski definition) is 3. The average molecular weight is 234 g/mol. The van der Waals surface area contributed by atoms with Gasteiger partial charge in [0.2, 0.25) is 0 Å². The van der Waals surface area contributed by atoms with Crippen molar-refractivity contribution in [2.24, 2.45) is 0 Å². The van der Waals surface area contributed by atoms with Crippen LogP contribution in [0.1, 0.15) is 40.5 Å². The zero-order valence-electron chi connectivity index (χ0n) is 9.55. The number of carboxylic acids is 1. The van der Waals surface area contributed by atoms with Gasteiger partial charge in [-0.15, -0.1) is 0 Å². The molecule has 0 amide bonds. The van der Waals surface area contributed by atoms with Crippen molar-refractivity contribution in [2.45, 2.75) is 19.8 Å². The number of aromatic carboxylic acids is 1. The predicted octanol–water partition coefficient (Wildman–Crippen LogP) is 2.86. The number of esters is 1. The lowest BCUT2D eigenvalue weighted by Gasteiger charge is -2.00. The summed E-state index contributed by atoms with van der Waals surface area (Å²) in [5.74, 6) is -1.51. The van der Waals surface area contributed by atoms with Crippen LogP contribution in [0, 0.1) is 0 Å². The van der Waals surface area contributed by atoms with Crippen LogP contribution in [0.3, 0.4) is 0 Å². The van der Waals surface area contributed by atoms with Crippen molar-refractivity contribution in [3.05, 3.63) is 47.7 Å². The number of carboxylic acid groups (broad SMARTS) is 1. The first-order valence-electron chi connectivity index (χ1n) is 5.34. The van der Waals surface area contributed by atoms with Gasteiger partial charge >= 0.3 is 11.9 Å². The van der Waals surface area contributed by atoms with Gasteiger partial charge in [-0.2, -0.15) is 0 Å². The van der Waals surface area contributed by atoms with Crippen LogP contribution in [-0.2, 0) is 4.74 Å². The molecule has 0 aliphatic carbocycles. The van der Waals surface area contributed by atoms with Gasteiger partial charge in [-0.05, 0) is 36.8 Å². The van der Waals surface area contributed by atoms with Crippen molar-refractivity contribution < 1.29 is 19.4 Å². The molecule has 1 aromatic rings. The van der Waals surface area contributed by atoms with Crippen molar-refractivity contribution in [3.8, 4) is 0 Å². The quantitative estimate of drug-likeness (QED) is 0.628. The van der Waals surface area contributed by atoms with Crippen LogP contribution in [0.25, 0.3) is 0 Å². The molecular weight excluding hydrogens is 220 g/mol. The van der Waals surface area contributed by atoms with Crippen molar-refractivity contribution >= 4 is 11.9 Å². The Labute approximate surface area is 99.5 Å². The summed E-state index contributed by atoms with van der Waals surface area (Å²) in [5.41, 5.74) is 0.472. The van der Waals surface area contributed by atoms with E-state index in [-0.39, 0.29) is 5.56 Å². The fraction of sp³-hybridized carbons (Fsp3) is 0.231. The molecule has 0 heterocycles. The molecule has 0 unspecified atom stereocenters. The highest BCUT2D eigenvalue weighted by molar-refractivity contribution is 5.92. The Morgan fingerprint density at radius 3 is 2.35 bits per heavy atom.